The first kappa shape index (κ1) is 14.5. The lowest BCUT2D eigenvalue weighted by molar-refractivity contribution is 0.105. The molecule has 0 aromatic carbocycles. The standard InChI is InChI=1S/C15H22N2OS/c1-13(2)17-9-7-16(8-10-17)12-15-6-5-14(19-15)4-3-11-18/h5-6,13,18H,7-12H2,1-2H3. The van der Waals surface area contributed by atoms with Gasteiger partial charge in [-0.25, -0.2) is 0 Å². The molecule has 0 bridgehead atoms. The smallest absolute Gasteiger partial charge is 0.104 e. The largest absolute Gasteiger partial charge is 0.384 e. The first-order chi connectivity index (χ1) is 9.19. The lowest BCUT2D eigenvalue weighted by Gasteiger charge is -2.36. The lowest BCUT2D eigenvalue weighted by atomic mass is 10.2. The minimum atomic E-state index is -0.0651. The van der Waals surface area contributed by atoms with Gasteiger partial charge in [-0.1, -0.05) is 11.8 Å². The third-order valence-electron chi connectivity index (χ3n) is 3.47. The third kappa shape index (κ3) is 4.32. The molecule has 2 heterocycles. The maximum atomic E-state index is 8.68. The molecule has 2 rings (SSSR count). The van der Waals surface area contributed by atoms with E-state index in [1.54, 1.807) is 11.3 Å². The van der Waals surface area contributed by atoms with Crippen LogP contribution in [0.25, 0.3) is 0 Å². The Kier molecular flexibility index (Phi) is 5.41. The topological polar surface area (TPSA) is 26.7 Å². The first-order valence-electron chi connectivity index (χ1n) is 6.84. The van der Waals surface area contributed by atoms with E-state index in [2.05, 4.69) is 41.6 Å². The molecule has 0 unspecified atom stereocenters. The lowest BCUT2D eigenvalue weighted by Crippen LogP contribution is -2.48. The summed E-state index contributed by atoms with van der Waals surface area (Å²) in [6.45, 7) is 10.1. The van der Waals surface area contributed by atoms with Gasteiger partial charge in [-0.3, -0.25) is 9.80 Å². The SMILES string of the molecule is CC(C)N1CCN(Cc2ccc(C#CCO)s2)CC1. The van der Waals surface area contributed by atoms with Gasteiger partial charge >= 0.3 is 0 Å². The van der Waals surface area contributed by atoms with Crippen LogP contribution in [0, 0.1) is 11.8 Å². The van der Waals surface area contributed by atoms with Crippen LogP contribution in [0.15, 0.2) is 12.1 Å². The molecule has 0 saturated carbocycles. The van der Waals surface area contributed by atoms with Gasteiger partial charge in [-0.2, -0.15) is 0 Å². The molecular weight excluding hydrogens is 256 g/mol. The molecule has 1 aliphatic heterocycles. The predicted molar refractivity (Wildman–Crippen MR) is 80.3 cm³/mol. The molecule has 1 aromatic rings. The van der Waals surface area contributed by atoms with E-state index in [0.717, 1.165) is 24.5 Å². The molecule has 0 atom stereocenters. The van der Waals surface area contributed by atoms with Gasteiger partial charge in [0.25, 0.3) is 0 Å². The Labute approximate surface area is 119 Å². The van der Waals surface area contributed by atoms with Gasteiger partial charge in [0.1, 0.15) is 6.61 Å². The van der Waals surface area contributed by atoms with Gasteiger partial charge in [0.05, 0.1) is 4.88 Å². The second kappa shape index (κ2) is 7.06. The number of aliphatic hydroxyl groups excluding tert-OH is 1. The third-order valence-corrected chi connectivity index (χ3v) is 4.45. The van der Waals surface area contributed by atoms with E-state index in [0.29, 0.717) is 6.04 Å². The number of hydrogen-bond donors (Lipinski definition) is 1. The Morgan fingerprint density at radius 2 is 2.00 bits per heavy atom. The average Bonchev–Trinajstić information content (AvgIpc) is 2.84. The maximum absolute atomic E-state index is 8.68. The highest BCUT2D eigenvalue weighted by Gasteiger charge is 2.18. The van der Waals surface area contributed by atoms with Crippen LogP contribution in [-0.4, -0.2) is 53.7 Å². The molecule has 1 aliphatic rings. The minimum Gasteiger partial charge on any atom is -0.384 e. The van der Waals surface area contributed by atoms with Crippen LogP contribution in [0.3, 0.4) is 0 Å². The van der Waals surface area contributed by atoms with Gasteiger partial charge in [0, 0.05) is 43.6 Å². The van der Waals surface area contributed by atoms with Crippen LogP contribution in [0.4, 0.5) is 0 Å². The van der Waals surface area contributed by atoms with Gasteiger partial charge in [0.2, 0.25) is 0 Å². The second-order valence-corrected chi connectivity index (χ2v) is 6.30. The summed E-state index contributed by atoms with van der Waals surface area (Å²) >= 11 is 1.73. The highest BCUT2D eigenvalue weighted by Crippen LogP contribution is 2.18. The fourth-order valence-electron chi connectivity index (χ4n) is 2.31. The highest BCUT2D eigenvalue weighted by molar-refractivity contribution is 7.12. The fourth-order valence-corrected chi connectivity index (χ4v) is 3.24. The van der Waals surface area contributed by atoms with Crippen LogP contribution >= 0.6 is 11.3 Å². The fraction of sp³-hybridized carbons (Fsp3) is 0.600. The maximum Gasteiger partial charge on any atom is 0.104 e. The number of piperazine rings is 1. The molecule has 104 valence electrons. The van der Waals surface area contributed by atoms with Crippen LogP contribution in [0.5, 0.6) is 0 Å². The number of aliphatic hydroxyl groups is 1. The summed E-state index contributed by atoms with van der Waals surface area (Å²) in [5, 5.41) is 8.68. The van der Waals surface area contributed by atoms with Gasteiger partial charge in [-0.05, 0) is 26.0 Å². The predicted octanol–water partition coefficient (Wildman–Crippen LogP) is 1.62. The molecule has 0 radical (unpaired) electrons. The Hall–Kier alpha value is -0.860. The number of nitrogens with zero attached hydrogens (tertiary/aromatic N) is 2. The molecule has 1 saturated heterocycles. The summed E-state index contributed by atoms with van der Waals surface area (Å²) in [6.07, 6.45) is 0. The van der Waals surface area contributed by atoms with Crippen molar-refractivity contribution in [1.82, 2.24) is 9.80 Å². The minimum absolute atomic E-state index is 0.0651. The Morgan fingerprint density at radius 3 is 2.63 bits per heavy atom. The highest BCUT2D eigenvalue weighted by atomic mass is 32.1. The van der Waals surface area contributed by atoms with Crippen molar-refractivity contribution in [2.75, 3.05) is 32.8 Å². The summed E-state index contributed by atoms with van der Waals surface area (Å²) in [7, 11) is 0. The van der Waals surface area contributed by atoms with E-state index < -0.39 is 0 Å². The summed E-state index contributed by atoms with van der Waals surface area (Å²) in [5.74, 6) is 5.66. The normalized spacial score (nSPS) is 17.5. The van der Waals surface area contributed by atoms with E-state index in [4.69, 9.17) is 5.11 Å². The van der Waals surface area contributed by atoms with Crippen molar-refractivity contribution >= 4 is 11.3 Å². The second-order valence-electron chi connectivity index (χ2n) is 5.13. The van der Waals surface area contributed by atoms with Gasteiger partial charge in [0.15, 0.2) is 0 Å². The van der Waals surface area contributed by atoms with Crippen molar-refractivity contribution in [2.45, 2.75) is 26.4 Å². The van der Waals surface area contributed by atoms with Crippen molar-refractivity contribution in [2.24, 2.45) is 0 Å². The summed E-state index contributed by atoms with van der Waals surface area (Å²) < 4.78 is 0. The van der Waals surface area contributed by atoms with Crippen LogP contribution < -0.4 is 0 Å². The van der Waals surface area contributed by atoms with Crippen molar-refractivity contribution in [3.8, 4) is 11.8 Å². The first-order valence-corrected chi connectivity index (χ1v) is 7.65. The summed E-state index contributed by atoms with van der Waals surface area (Å²) in [6, 6.07) is 4.86. The zero-order valence-electron chi connectivity index (χ0n) is 11.7. The van der Waals surface area contributed by atoms with Gasteiger partial charge < -0.3 is 5.11 Å². The molecule has 0 amide bonds. The molecule has 4 heteroatoms. The number of thiophene rings is 1. The van der Waals surface area contributed by atoms with Crippen molar-refractivity contribution in [3.63, 3.8) is 0 Å². The zero-order valence-corrected chi connectivity index (χ0v) is 12.5. The Bertz CT molecular complexity index is 450. The Balaban J connectivity index is 1.84. The molecule has 19 heavy (non-hydrogen) atoms. The molecule has 0 spiro atoms. The monoisotopic (exact) mass is 278 g/mol. The average molecular weight is 278 g/mol. The molecular formula is C15H22N2OS. The molecule has 3 nitrogen and oxygen atoms in total. The molecule has 1 N–H and O–H groups in total. The van der Waals surface area contributed by atoms with E-state index in [1.807, 2.05) is 6.07 Å². The quantitative estimate of drug-likeness (QED) is 0.851. The van der Waals surface area contributed by atoms with E-state index in [-0.39, 0.29) is 6.61 Å². The zero-order chi connectivity index (χ0) is 13.7. The molecule has 1 aromatic heterocycles. The molecule has 1 fully saturated rings. The van der Waals surface area contributed by atoms with Crippen LogP contribution in [0.2, 0.25) is 0 Å². The van der Waals surface area contributed by atoms with Gasteiger partial charge in [-0.15, -0.1) is 11.3 Å². The number of rotatable bonds is 3. The van der Waals surface area contributed by atoms with Crippen LogP contribution in [-0.2, 0) is 6.54 Å². The van der Waals surface area contributed by atoms with E-state index in [1.165, 1.54) is 18.0 Å². The van der Waals surface area contributed by atoms with E-state index in [9.17, 15) is 0 Å². The van der Waals surface area contributed by atoms with E-state index >= 15 is 0 Å². The molecule has 0 aliphatic carbocycles. The van der Waals surface area contributed by atoms with Crippen molar-refractivity contribution < 1.29 is 5.11 Å². The Morgan fingerprint density at radius 1 is 1.26 bits per heavy atom. The van der Waals surface area contributed by atoms with Crippen molar-refractivity contribution in [1.29, 1.82) is 0 Å². The summed E-state index contributed by atoms with van der Waals surface area (Å²) in [4.78, 5) is 7.45. The van der Waals surface area contributed by atoms with Crippen LogP contribution in [0.1, 0.15) is 23.6 Å². The summed E-state index contributed by atoms with van der Waals surface area (Å²) in [5.41, 5.74) is 0. The van der Waals surface area contributed by atoms with Crippen molar-refractivity contribution in [3.05, 3.63) is 21.9 Å². The number of hydrogen-bond acceptors (Lipinski definition) is 4.